The summed E-state index contributed by atoms with van der Waals surface area (Å²) in [4.78, 5) is 19.2. The molecule has 1 aliphatic heterocycles. The minimum Gasteiger partial charge on any atom is -0.479 e. The second kappa shape index (κ2) is 7.31. The summed E-state index contributed by atoms with van der Waals surface area (Å²) < 4.78 is 13.4. The Bertz CT molecular complexity index is 1260. The van der Waals surface area contributed by atoms with Gasteiger partial charge in [0.2, 0.25) is 5.88 Å². The highest BCUT2D eigenvalue weighted by molar-refractivity contribution is 5.97. The molecule has 0 spiro atoms. The summed E-state index contributed by atoms with van der Waals surface area (Å²) in [5.41, 5.74) is 7.19. The maximum absolute atomic E-state index is 6.03. The summed E-state index contributed by atoms with van der Waals surface area (Å²) >= 11 is 0. The van der Waals surface area contributed by atoms with Crippen molar-refractivity contribution in [1.82, 2.24) is 20.0 Å². The molecule has 0 radical (unpaired) electrons. The Hall–Kier alpha value is -3.65. The number of nitrogens with one attached hydrogen (secondary N) is 1. The number of amidine groups is 1. The molecule has 1 N–H and O–H groups in total. The number of benzene rings is 1. The fourth-order valence-corrected chi connectivity index (χ4v) is 3.46. The summed E-state index contributed by atoms with van der Waals surface area (Å²) in [6.45, 7) is 4.34. The zero-order chi connectivity index (χ0) is 20.7. The third kappa shape index (κ3) is 3.31. The number of aliphatic imine (C=N–C) groups is 1. The minimum absolute atomic E-state index is 0.266. The van der Waals surface area contributed by atoms with E-state index in [2.05, 4.69) is 21.5 Å². The number of hydroxylamine groups is 1. The summed E-state index contributed by atoms with van der Waals surface area (Å²) in [5.74, 6) is 1.75. The van der Waals surface area contributed by atoms with Crippen molar-refractivity contribution in [3.8, 4) is 11.6 Å². The molecule has 4 aromatic rings. The van der Waals surface area contributed by atoms with Crippen molar-refractivity contribution in [1.29, 1.82) is 0 Å². The fraction of sp³-hybridized carbons (Fsp3) is 0.227. The first kappa shape index (κ1) is 18.4. The van der Waals surface area contributed by atoms with Crippen LogP contribution < -0.4 is 10.2 Å². The Morgan fingerprint density at radius 1 is 1.17 bits per heavy atom. The van der Waals surface area contributed by atoms with Crippen LogP contribution in [0.5, 0.6) is 5.88 Å². The zero-order valence-electron chi connectivity index (χ0n) is 16.9. The third-order valence-corrected chi connectivity index (χ3v) is 4.98. The van der Waals surface area contributed by atoms with Crippen LogP contribution in [0.2, 0.25) is 0 Å². The highest BCUT2D eigenvalue weighted by Gasteiger charge is 2.23. The minimum atomic E-state index is -0.266. The fourth-order valence-electron chi connectivity index (χ4n) is 3.46. The second-order valence-electron chi connectivity index (χ2n) is 7.24. The predicted molar refractivity (Wildman–Crippen MR) is 112 cm³/mol. The lowest BCUT2D eigenvalue weighted by atomic mass is 10.1. The zero-order valence-corrected chi connectivity index (χ0v) is 16.9. The smallest absolute Gasteiger partial charge is 0.238 e. The number of aromatic nitrogens is 3. The van der Waals surface area contributed by atoms with Gasteiger partial charge in [-0.3, -0.25) is 9.83 Å². The Morgan fingerprint density at radius 3 is 2.87 bits per heavy atom. The van der Waals surface area contributed by atoms with Crippen LogP contribution >= 0.6 is 0 Å². The molecule has 152 valence electrons. The standard InChI is InChI=1S/C22H21N5O3/c1-13-4-5-15-9-20(30-19(15)8-13)17-11-29-26-21(24-17)16-6-7-18(22(25-16)28-3)27-10-14(2)23-12-27/h4-10,12,17H,11H2,1-3H3,(H,24,26). The quantitative estimate of drug-likeness (QED) is 0.560. The topological polar surface area (TPSA) is 86.7 Å². The molecule has 0 aliphatic carbocycles. The summed E-state index contributed by atoms with van der Waals surface area (Å²) in [6, 6.07) is 11.7. The van der Waals surface area contributed by atoms with Crippen molar-refractivity contribution in [2.75, 3.05) is 13.7 Å². The molecule has 30 heavy (non-hydrogen) atoms. The van der Waals surface area contributed by atoms with Crippen molar-refractivity contribution in [2.24, 2.45) is 4.99 Å². The van der Waals surface area contributed by atoms with Crippen LogP contribution in [0.1, 0.15) is 28.8 Å². The lowest BCUT2D eigenvalue weighted by molar-refractivity contribution is 0.0581. The highest BCUT2D eigenvalue weighted by atomic mass is 16.6. The van der Waals surface area contributed by atoms with E-state index in [4.69, 9.17) is 19.0 Å². The van der Waals surface area contributed by atoms with Gasteiger partial charge >= 0.3 is 0 Å². The molecule has 0 amide bonds. The van der Waals surface area contributed by atoms with Crippen molar-refractivity contribution in [3.05, 3.63) is 71.6 Å². The molecular formula is C22H21N5O3. The number of ether oxygens (including phenoxy) is 1. The van der Waals surface area contributed by atoms with E-state index in [9.17, 15) is 0 Å². The highest BCUT2D eigenvalue weighted by Crippen LogP contribution is 2.29. The first-order valence-corrected chi connectivity index (χ1v) is 9.63. The number of furan rings is 1. The van der Waals surface area contributed by atoms with E-state index in [-0.39, 0.29) is 6.04 Å². The first-order chi connectivity index (χ1) is 14.6. The number of aryl methyl sites for hydroxylation is 2. The molecule has 3 aromatic heterocycles. The SMILES string of the molecule is COc1nc(C2=NC(c3cc4ccc(C)cc4o3)CON2)ccc1-n1cnc(C)c1. The molecule has 8 nitrogen and oxygen atoms in total. The number of fused-ring (bicyclic) bond motifs is 1. The second-order valence-corrected chi connectivity index (χ2v) is 7.24. The summed E-state index contributed by atoms with van der Waals surface area (Å²) in [6.07, 6.45) is 3.64. The average molecular weight is 403 g/mol. The Balaban J connectivity index is 1.49. The number of imidazole rings is 1. The third-order valence-electron chi connectivity index (χ3n) is 4.98. The Kier molecular flexibility index (Phi) is 4.48. The molecule has 0 saturated heterocycles. The molecule has 0 fully saturated rings. The van der Waals surface area contributed by atoms with Crippen molar-refractivity contribution in [2.45, 2.75) is 19.9 Å². The largest absolute Gasteiger partial charge is 0.479 e. The lowest BCUT2D eigenvalue weighted by Gasteiger charge is -2.20. The maximum atomic E-state index is 6.03. The van der Waals surface area contributed by atoms with Gasteiger partial charge in [0.15, 0.2) is 5.84 Å². The number of methoxy groups -OCH3 is 1. The molecule has 8 heteroatoms. The van der Waals surface area contributed by atoms with Crippen LogP contribution in [-0.4, -0.2) is 34.1 Å². The van der Waals surface area contributed by atoms with E-state index in [1.54, 1.807) is 13.4 Å². The first-order valence-electron chi connectivity index (χ1n) is 9.63. The predicted octanol–water partition coefficient (Wildman–Crippen LogP) is 3.66. The van der Waals surface area contributed by atoms with Gasteiger partial charge in [-0.2, -0.15) is 0 Å². The molecule has 1 aromatic carbocycles. The monoisotopic (exact) mass is 403 g/mol. The van der Waals surface area contributed by atoms with E-state index in [1.807, 2.05) is 54.9 Å². The summed E-state index contributed by atoms with van der Waals surface area (Å²) in [5, 5.41) is 1.05. The number of rotatable bonds is 4. The molecule has 1 atom stereocenters. The van der Waals surface area contributed by atoms with Crippen LogP contribution in [0, 0.1) is 13.8 Å². The summed E-state index contributed by atoms with van der Waals surface area (Å²) in [7, 11) is 1.59. The number of hydrogen-bond acceptors (Lipinski definition) is 7. The van der Waals surface area contributed by atoms with Gasteiger partial charge in [0, 0.05) is 11.6 Å². The Labute approximate surface area is 173 Å². The van der Waals surface area contributed by atoms with Crippen molar-refractivity contribution < 1.29 is 14.0 Å². The van der Waals surface area contributed by atoms with Gasteiger partial charge in [-0.25, -0.2) is 15.4 Å². The molecular weight excluding hydrogens is 382 g/mol. The van der Waals surface area contributed by atoms with E-state index >= 15 is 0 Å². The molecule has 4 heterocycles. The number of pyridine rings is 1. The van der Waals surface area contributed by atoms with Gasteiger partial charge < -0.3 is 13.7 Å². The van der Waals surface area contributed by atoms with Gasteiger partial charge in [-0.1, -0.05) is 12.1 Å². The van der Waals surface area contributed by atoms with E-state index in [1.165, 1.54) is 0 Å². The van der Waals surface area contributed by atoms with E-state index < -0.39 is 0 Å². The van der Waals surface area contributed by atoms with Gasteiger partial charge in [-0.05, 0) is 43.7 Å². The van der Waals surface area contributed by atoms with Crippen LogP contribution in [0.25, 0.3) is 16.7 Å². The van der Waals surface area contributed by atoms with E-state index in [0.717, 1.165) is 33.7 Å². The normalized spacial score (nSPS) is 16.4. The van der Waals surface area contributed by atoms with Crippen LogP contribution in [0.3, 0.4) is 0 Å². The van der Waals surface area contributed by atoms with Gasteiger partial charge in [0.25, 0.3) is 0 Å². The molecule has 1 unspecified atom stereocenters. The molecule has 0 bridgehead atoms. The van der Waals surface area contributed by atoms with Gasteiger partial charge in [0.05, 0.1) is 19.1 Å². The maximum Gasteiger partial charge on any atom is 0.238 e. The molecule has 1 aliphatic rings. The van der Waals surface area contributed by atoms with Gasteiger partial charge in [-0.15, -0.1) is 0 Å². The van der Waals surface area contributed by atoms with Crippen molar-refractivity contribution in [3.63, 3.8) is 0 Å². The van der Waals surface area contributed by atoms with Gasteiger partial charge in [0.1, 0.15) is 35.4 Å². The number of nitrogens with zero attached hydrogens (tertiary/aromatic N) is 4. The number of hydrogen-bond donors (Lipinski definition) is 1. The van der Waals surface area contributed by atoms with Crippen LogP contribution in [0.4, 0.5) is 0 Å². The van der Waals surface area contributed by atoms with E-state index in [0.29, 0.717) is 24.0 Å². The lowest BCUT2D eigenvalue weighted by Crippen LogP contribution is -2.33. The van der Waals surface area contributed by atoms with Crippen LogP contribution in [-0.2, 0) is 4.84 Å². The average Bonchev–Trinajstić information content (AvgIpc) is 3.39. The van der Waals surface area contributed by atoms with Crippen molar-refractivity contribution >= 4 is 16.8 Å². The Morgan fingerprint density at radius 2 is 2.07 bits per heavy atom. The van der Waals surface area contributed by atoms with Crippen LogP contribution in [0.15, 0.2) is 58.3 Å². The molecule has 5 rings (SSSR count). The molecule has 0 saturated carbocycles.